The van der Waals surface area contributed by atoms with Crippen molar-refractivity contribution in [2.45, 2.75) is 26.2 Å². The number of ether oxygens (including phenoxy) is 1. The second kappa shape index (κ2) is 6.46. The number of rotatable bonds is 5. The SMILES string of the molecule is Cc1ccc(-c2ccc(OC[C@@H](F)[C@@H](C)F)cn2)cc1. The zero-order valence-corrected chi connectivity index (χ0v) is 11.5. The number of benzene rings is 1. The minimum Gasteiger partial charge on any atom is -0.489 e. The topological polar surface area (TPSA) is 22.1 Å². The molecule has 4 heteroatoms. The fraction of sp³-hybridized carbons (Fsp3) is 0.312. The van der Waals surface area contributed by atoms with E-state index in [-0.39, 0.29) is 6.61 Å². The Balaban J connectivity index is 2.01. The average Bonchev–Trinajstić information content (AvgIpc) is 2.46. The third kappa shape index (κ3) is 3.76. The van der Waals surface area contributed by atoms with Crippen molar-refractivity contribution in [3.63, 3.8) is 0 Å². The van der Waals surface area contributed by atoms with Crippen molar-refractivity contribution in [2.75, 3.05) is 6.61 Å². The highest BCUT2D eigenvalue weighted by atomic mass is 19.2. The molecule has 1 aromatic heterocycles. The second-order valence-electron chi connectivity index (χ2n) is 4.75. The summed E-state index contributed by atoms with van der Waals surface area (Å²) in [6.07, 6.45) is -1.63. The van der Waals surface area contributed by atoms with E-state index in [2.05, 4.69) is 4.98 Å². The summed E-state index contributed by atoms with van der Waals surface area (Å²) in [6.45, 7) is 2.89. The van der Waals surface area contributed by atoms with Gasteiger partial charge in [-0.25, -0.2) is 8.78 Å². The molecule has 0 N–H and O–H groups in total. The van der Waals surface area contributed by atoms with Crippen LogP contribution in [0.3, 0.4) is 0 Å². The lowest BCUT2D eigenvalue weighted by atomic mass is 10.1. The Morgan fingerprint density at radius 1 is 1.10 bits per heavy atom. The van der Waals surface area contributed by atoms with Gasteiger partial charge in [0.1, 0.15) is 18.5 Å². The van der Waals surface area contributed by atoms with Crippen molar-refractivity contribution in [3.05, 3.63) is 48.2 Å². The predicted octanol–water partition coefficient (Wildman–Crippen LogP) is 4.13. The normalized spacial score (nSPS) is 13.8. The summed E-state index contributed by atoms with van der Waals surface area (Å²) < 4.78 is 30.9. The van der Waals surface area contributed by atoms with E-state index in [0.717, 1.165) is 11.3 Å². The number of halogens is 2. The largest absolute Gasteiger partial charge is 0.489 e. The molecule has 0 aliphatic rings. The standard InChI is InChI=1S/C16H17F2NO/c1-11-3-5-13(6-4-11)16-8-7-14(9-19-16)20-10-15(18)12(2)17/h3-9,12,15H,10H2,1-2H3/t12-,15-/m1/s1. The number of aromatic nitrogens is 1. The summed E-state index contributed by atoms with van der Waals surface area (Å²) in [6, 6.07) is 11.5. The smallest absolute Gasteiger partial charge is 0.165 e. The van der Waals surface area contributed by atoms with Crippen molar-refractivity contribution >= 4 is 0 Å². The zero-order chi connectivity index (χ0) is 14.5. The summed E-state index contributed by atoms with van der Waals surface area (Å²) in [5.74, 6) is 0.434. The minimum atomic E-state index is -1.62. The molecule has 0 radical (unpaired) electrons. The van der Waals surface area contributed by atoms with Crippen molar-refractivity contribution in [2.24, 2.45) is 0 Å². The molecule has 2 aromatic rings. The molecule has 1 heterocycles. The van der Waals surface area contributed by atoms with E-state index in [0.29, 0.717) is 5.75 Å². The van der Waals surface area contributed by atoms with E-state index in [1.807, 2.05) is 31.2 Å². The highest BCUT2D eigenvalue weighted by Gasteiger charge is 2.15. The van der Waals surface area contributed by atoms with Crippen LogP contribution in [0, 0.1) is 6.92 Å². The monoisotopic (exact) mass is 277 g/mol. The average molecular weight is 277 g/mol. The fourth-order valence-electron chi connectivity index (χ4n) is 1.67. The molecule has 0 aliphatic carbocycles. The lowest BCUT2D eigenvalue weighted by Gasteiger charge is -2.11. The Morgan fingerprint density at radius 2 is 1.80 bits per heavy atom. The van der Waals surface area contributed by atoms with Crippen molar-refractivity contribution in [3.8, 4) is 17.0 Å². The first-order valence-corrected chi connectivity index (χ1v) is 6.50. The number of nitrogens with zero attached hydrogens (tertiary/aromatic N) is 1. The van der Waals surface area contributed by atoms with Gasteiger partial charge >= 0.3 is 0 Å². The van der Waals surface area contributed by atoms with E-state index in [1.54, 1.807) is 12.1 Å². The molecule has 1 aromatic carbocycles. The van der Waals surface area contributed by atoms with Gasteiger partial charge in [-0.15, -0.1) is 0 Å². The van der Waals surface area contributed by atoms with Crippen molar-refractivity contribution in [1.29, 1.82) is 0 Å². The molecular weight excluding hydrogens is 260 g/mol. The Labute approximate surface area is 117 Å². The second-order valence-corrected chi connectivity index (χ2v) is 4.75. The molecule has 2 rings (SSSR count). The molecule has 106 valence electrons. The van der Waals surface area contributed by atoms with E-state index in [1.165, 1.54) is 18.7 Å². The predicted molar refractivity (Wildman–Crippen MR) is 75.4 cm³/mol. The number of aryl methyl sites for hydroxylation is 1. The molecule has 0 unspecified atom stereocenters. The maximum atomic E-state index is 13.1. The van der Waals surface area contributed by atoms with Gasteiger partial charge in [-0.3, -0.25) is 4.98 Å². The third-order valence-corrected chi connectivity index (χ3v) is 2.99. The van der Waals surface area contributed by atoms with E-state index in [9.17, 15) is 8.78 Å². The summed E-state index contributed by atoms with van der Waals surface area (Å²) in [4.78, 5) is 4.26. The van der Waals surface area contributed by atoms with Crippen LogP contribution in [-0.4, -0.2) is 23.9 Å². The maximum Gasteiger partial charge on any atom is 0.165 e. The van der Waals surface area contributed by atoms with Crippen LogP contribution in [0.25, 0.3) is 11.3 Å². The van der Waals surface area contributed by atoms with Gasteiger partial charge < -0.3 is 4.74 Å². The molecular formula is C16H17F2NO. The quantitative estimate of drug-likeness (QED) is 0.819. The van der Waals surface area contributed by atoms with Crippen LogP contribution in [0.2, 0.25) is 0 Å². The van der Waals surface area contributed by atoms with Crippen LogP contribution in [0.15, 0.2) is 42.6 Å². The molecule has 0 saturated carbocycles. The number of hydrogen-bond acceptors (Lipinski definition) is 2. The Morgan fingerprint density at radius 3 is 2.35 bits per heavy atom. The molecule has 20 heavy (non-hydrogen) atoms. The summed E-state index contributed by atoms with van der Waals surface area (Å²) in [5.41, 5.74) is 3.00. The van der Waals surface area contributed by atoms with E-state index < -0.39 is 12.3 Å². The Bertz CT molecular complexity index is 537. The first-order valence-electron chi connectivity index (χ1n) is 6.50. The highest BCUT2D eigenvalue weighted by molar-refractivity contribution is 5.59. The van der Waals surface area contributed by atoms with Gasteiger partial charge in [0.15, 0.2) is 6.17 Å². The Kier molecular flexibility index (Phi) is 4.66. The van der Waals surface area contributed by atoms with Gasteiger partial charge in [0.05, 0.1) is 11.9 Å². The van der Waals surface area contributed by atoms with Crippen LogP contribution >= 0.6 is 0 Å². The summed E-state index contributed by atoms with van der Waals surface area (Å²) >= 11 is 0. The number of alkyl halides is 2. The van der Waals surface area contributed by atoms with Crippen LogP contribution in [0.1, 0.15) is 12.5 Å². The molecule has 0 fully saturated rings. The lowest BCUT2D eigenvalue weighted by molar-refractivity contribution is 0.119. The van der Waals surface area contributed by atoms with Crippen LogP contribution in [-0.2, 0) is 0 Å². The molecule has 0 spiro atoms. The highest BCUT2D eigenvalue weighted by Crippen LogP contribution is 2.20. The van der Waals surface area contributed by atoms with Gasteiger partial charge in [0.2, 0.25) is 0 Å². The van der Waals surface area contributed by atoms with Gasteiger partial charge in [0, 0.05) is 5.56 Å². The zero-order valence-electron chi connectivity index (χ0n) is 11.5. The van der Waals surface area contributed by atoms with Crippen molar-refractivity contribution in [1.82, 2.24) is 4.98 Å². The van der Waals surface area contributed by atoms with Crippen LogP contribution in [0.4, 0.5) is 8.78 Å². The first-order chi connectivity index (χ1) is 9.56. The lowest BCUT2D eigenvalue weighted by Crippen LogP contribution is -2.21. The van der Waals surface area contributed by atoms with Crippen LogP contribution < -0.4 is 4.74 Å². The van der Waals surface area contributed by atoms with Gasteiger partial charge in [0.25, 0.3) is 0 Å². The third-order valence-electron chi connectivity index (χ3n) is 2.99. The minimum absolute atomic E-state index is 0.302. The first kappa shape index (κ1) is 14.4. The molecule has 0 aliphatic heterocycles. The van der Waals surface area contributed by atoms with E-state index in [4.69, 9.17) is 4.74 Å². The number of pyridine rings is 1. The summed E-state index contributed by atoms with van der Waals surface area (Å²) in [7, 11) is 0. The Hall–Kier alpha value is -1.97. The maximum absolute atomic E-state index is 13.1. The van der Waals surface area contributed by atoms with Crippen molar-refractivity contribution < 1.29 is 13.5 Å². The van der Waals surface area contributed by atoms with E-state index >= 15 is 0 Å². The molecule has 0 saturated heterocycles. The molecule has 0 bridgehead atoms. The number of hydrogen-bond donors (Lipinski definition) is 0. The fourth-order valence-corrected chi connectivity index (χ4v) is 1.67. The summed E-state index contributed by atoms with van der Waals surface area (Å²) in [5, 5.41) is 0. The van der Waals surface area contributed by atoms with Gasteiger partial charge in [-0.05, 0) is 26.0 Å². The van der Waals surface area contributed by atoms with Crippen LogP contribution in [0.5, 0.6) is 5.75 Å². The molecule has 2 atom stereocenters. The van der Waals surface area contributed by atoms with Gasteiger partial charge in [-0.2, -0.15) is 0 Å². The van der Waals surface area contributed by atoms with Gasteiger partial charge in [-0.1, -0.05) is 29.8 Å². The molecule has 0 amide bonds. The molecule has 2 nitrogen and oxygen atoms in total.